The third kappa shape index (κ3) is 1.91. The minimum absolute atomic E-state index is 0.262. The minimum atomic E-state index is -4.39. The summed E-state index contributed by atoms with van der Waals surface area (Å²) in [7, 11) is 2.93. The number of hydrogen-bond donors (Lipinski definition) is 0. The summed E-state index contributed by atoms with van der Waals surface area (Å²) >= 11 is 0. The molecule has 2 aliphatic rings. The molecule has 0 N–H and O–H groups in total. The molecule has 130 valence electrons. The normalized spacial score (nSPS) is 26.8. The molecule has 3 nitrogen and oxygen atoms in total. The second kappa shape index (κ2) is 5.00. The monoisotopic (exact) mass is 347 g/mol. The van der Waals surface area contributed by atoms with Gasteiger partial charge in [-0.1, -0.05) is 30.3 Å². The van der Waals surface area contributed by atoms with Gasteiger partial charge in [0.1, 0.15) is 5.41 Å². The lowest BCUT2D eigenvalue weighted by Crippen LogP contribution is -2.39. The fourth-order valence-electron chi connectivity index (χ4n) is 4.41. The van der Waals surface area contributed by atoms with Crippen molar-refractivity contribution >= 4 is 11.7 Å². The van der Waals surface area contributed by atoms with Gasteiger partial charge in [0.05, 0.1) is 18.7 Å². The third-order valence-electron chi connectivity index (χ3n) is 5.47. The molecule has 0 unspecified atom stereocenters. The number of likely N-dealkylation sites (N-methyl/N-ethyl adjacent to an activating group) is 1. The average Bonchev–Trinajstić information content (AvgIpc) is 3.24. The largest absolute Gasteiger partial charge is 0.465 e. The average molecular weight is 347 g/mol. The van der Waals surface area contributed by atoms with Crippen molar-refractivity contribution < 1.29 is 22.7 Å². The minimum Gasteiger partial charge on any atom is -0.465 e. The number of methoxy groups -OCH3 is 1. The molecule has 1 aliphatic carbocycles. The molecule has 0 radical (unpaired) electrons. The Morgan fingerprint density at radius 3 is 2.44 bits per heavy atom. The summed E-state index contributed by atoms with van der Waals surface area (Å²) < 4.78 is 47.2. The molecule has 1 heterocycles. The van der Waals surface area contributed by atoms with E-state index in [1.54, 1.807) is 48.3 Å². The summed E-state index contributed by atoms with van der Waals surface area (Å²) in [6.45, 7) is 0. The molecule has 0 saturated heterocycles. The van der Waals surface area contributed by atoms with Crippen molar-refractivity contribution in [3.8, 4) is 0 Å². The van der Waals surface area contributed by atoms with Crippen molar-refractivity contribution in [1.82, 2.24) is 0 Å². The Bertz CT molecular complexity index is 849. The van der Waals surface area contributed by atoms with Crippen LogP contribution in [-0.4, -0.2) is 32.3 Å². The van der Waals surface area contributed by atoms with Crippen LogP contribution in [0.1, 0.15) is 27.4 Å². The molecule has 0 amide bonds. The van der Waals surface area contributed by atoms with Gasteiger partial charge >= 0.3 is 12.1 Å². The summed E-state index contributed by atoms with van der Waals surface area (Å²) in [5.41, 5.74) is -0.120. The lowest BCUT2D eigenvalue weighted by atomic mass is 9.87. The first-order chi connectivity index (χ1) is 11.8. The van der Waals surface area contributed by atoms with Gasteiger partial charge in [0.2, 0.25) is 0 Å². The molecule has 1 saturated carbocycles. The zero-order chi connectivity index (χ0) is 18.0. The SMILES string of the molecule is COC(=O)c1ccc2c(c1)[C@H]1[C@@H](N2C)[C@]1(c1ccccc1)C(F)(F)F. The van der Waals surface area contributed by atoms with Crippen LogP contribution in [0.15, 0.2) is 48.5 Å². The molecule has 0 spiro atoms. The summed E-state index contributed by atoms with van der Waals surface area (Å²) in [5.74, 6) is -1.27. The lowest BCUT2D eigenvalue weighted by Gasteiger charge is -2.29. The van der Waals surface area contributed by atoms with E-state index in [1.165, 1.54) is 19.2 Å². The van der Waals surface area contributed by atoms with Gasteiger partial charge in [0.25, 0.3) is 0 Å². The quantitative estimate of drug-likeness (QED) is 0.772. The first kappa shape index (κ1) is 16.0. The smallest absolute Gasteiger partial charge is 0.401 e. The summed E-state index contributed by atoms with van der Waals surface area (Å²) in [5, 5.41) is 0. The van der Waals surface area contributed by atoms with Gasteiger partial charge in [0, 0.05) is 18.7 Å². The highest BCUT2D eigenvalue weighted by Gasteiger charge is 2.82. The zero-order valence-electron chi connectivity index (χ0n) is 13.7. The predicted octanol–water partition coefficient (Wildman–Crippen LogP) is 3.89. The van der Waals surface area contributed by atoms with Crippen LogP contribution in [0.4, 0.5) is 18.9 Å². The Labute approximate surface area is 143 Å². The number of esters is 1. The van der Waals surface area contributed by atoms with Gasteiger partial charge in [-0.3, -0.25) is 0 Å². The Balaban J connectivity index is 1.88. The van der Waals surface area contributed by atoms with Crippen molar-refractivity contribution in [3.63, 3.8) is 0 Å². The Morgan fingerprint density at radius 2 is 1.84 bits per heavy atom. The number of halogens is 3. The van der Waals surface area contributed by atoms with Crippen LogP contribution in [0.25, 0.3) is 0 Å². The topological polar surface area (TPSA) is 29.5 Å². The van der Waals surface area contributed by atoms with E-state index in [0.29, 0.717) is 5.56 Å². The molecule has 3 atom stereocenters. The van der Waals surface area contributed by atoms with E-state index < -0.39 is 29.5 Å². The Morgan fingerprint density at radius 1 is 1.16 bits per heavy atom. The molecule has 0 bridgehead atoms. The number of benzene rings is 2. The second-order valence-corrected chi connectivity index (χ2v) is 6.53. The maximum atomic E-state index is 14.2. The van der Waals surface area contributed by atoms with Crippen LogP contribution in [0, 0.1) is 0 Å². The standard InChI is InChI=1S/C19H16F3NO2/c1-23-14-9-8-11(17(24)25-2)10-13(14)15-16(23)18(15,19(20,21)22)12-6-4-3-5-7-12/h3-10,15-16H,1-2H3/t15-,16+,18+/m0/s1. The molecule has 2 aromatic rings. The molecular weight excluding hydrogens is 331 g/mol. The van der Waals surface area contributed by atoms with Crippen LogP contribution >= 0.6 is 0 Å². The van der Waals surface area contributed by atoms with Crippen molar-refractivity contribution in [3.05, 3.63) is 65.2 Å². The summed E-state index contributed by atoms with van der Waals surface area (Å²) in [6, 6.07) is 12.2. The molecular formula is C19H16F3NO2. The number of hydrogen-bond acceptors (Lipinski definition) is 3. The van der Waals surface area contributed by atoms with Crippen LogP contribution in [-0.2, 0) is 10.2 Å². The van der Waals surface area contributed by atoms with E-state index in [9.17, 15) is 18.0 Å². The maximum Gasteiger partial charge on any atom is 0.401 e. The van der Waals surface area contributed by atoms with Gasteiger partial charge in [-0.05, 0) is 29.3 Å². The van der Waals surface area contributed by atoms with Crippen molar-refractivity contribution in [2.75, 3.05) is 19.1 Å². The number of ether oxygens (including phenoxy) is 1. The molecule has 1 aliphatic heterocycles. The van der Waals surface area contributed by atoms with E-state index in [2.05, 4.69) is 0 Å². The van der Waals surface area contributed by atoms with Gasteiger partial charge < -0.3 is 9.64 Å². The van der Waals surface area contributed by atoms with Crippen LogP contribution in [0.5, 0.6) is 0 Å². The van der Waals surface area contributed by atoms with Gasteiger partial charge in [-0.15, -0.1) is 0 Å². The highest BCUT2D eigenvalue weighted by molar-refractivity contribution is 5.91. The second-order valence-electron chi connectivity index (χ2n) is 6.53. The zero-order valence-corrected chi connectivity index (χ0v) is 13.7. The molecule has 4 rings (SSSR count). The number of nitrogens with zero attached hydrogens (tertiary/aromatic N) is 1. The number of anilines is 1. The van der Waals surface area contributed by atoms with Gasteiger partial charge in [-0.25, -0.2) is 4.79 Å². The van der Waals surface area contributed by atoms with E-state index in [1.807, 2.05) is 0 Å². The first-order valence-corrected chi connectivity index (χ1v) is 7.91. The van der Waals surface area contributed by atoms with Gasteiger partial charge in [-0.2, -0.15) is 13.2 Å². The van der Waals surface area contributed by atoms with Crippen LogP contribution < -0.4 is 4.90 Å². The fourth-order valence-corrected chi connectivity index (χ4v) is 4.41. The van der Waals surface area contributed by atoms with Gasteiger partial charge in [0.15, 0.2) is 0 Å². The van der Waals surface area contributed by atoms with Crippen LogP contribution in [0.2, 0.25) is 0 Å². The first-order valence-electron chi connectivity index (χ1n) is 7.91. The van der Waals surface area contributed by atoms with Crippen molar-refractivity contribution in [1.29, 1.82) is 0 Å². The third-order valence-corrected chi connectivity index (χ3v) is 5.47. The summed E-state index contributed by atoms with van der Waals surface area (Å²) in [6.07, 6.45) is -4.39. The molecule has 25 heavy (non-hydrogen) atoms. The van der Waals surface area contributed by atoms with Crippen molar-refractivity contribution in [2.45, 2.75) is 23.6 Å². The highest BCUT2D eigenvalue weighted by atomic mass is 19.4. The van der Waals surface area contributed by atoms with E-state index in [4.69, 9.17) is 4.74 Å². The van der Waals surface area contributed by atoms with Crippen molar-refractivity contribution in [2.24, 2.45) is 0 Å². The van der Waals surface area contributed by atoms with Crippen LogP contribution in [0.3, 0.4) is 0 Å². The maximum absolute atomic E-state index is 14.2. The number of fused-ring (bicyclic) bond motifs is 3. The predicted molar refractivity (Wildman–Crippen MR) is 86.9 cm³/mol. The lowest BCUT2D eigenvalue weighted by molar-refractivity contribution is -0.163. The Kier molecular flexibility index (Phi) is 3.20. The number of rotatable bonds is 2. The molecule has 1 fully saturated rings. The summed E-state index contributed by atoms with van der Waals surface area (Å²) in [4.78, 5) is 13.5. The van der Waals surface area contributed by atoms with E-state index in [0.717, 1.165) is 5.69 Å². The van der Waals surface area contributed by atoms with E-state index >= 15 is 0 Å². The molecule has 6 heteroatoms. The molecule has 0 aromatic heterocycles. The highest BCUT2D eigenvalue weighted by Crippen LogP contribution is 2.74. The van der Waals surface area contributed by atoms with E-state index in [-0.39, 0.29) is 11.1 Å². The molecule has 2 aromatic carbocycles. The number of carbonyl (C=O) groups is 1. The number of carbonyl (C=O) groups excluding carboxylic acids is 1. The fraction of sp³-hybridized carbons (Fsp3) is 0.316. The Hall–Kier alpha value is -2.50. The number of alkyl halides is 3.